The van der Waals surface area contributed by atoms with E-state index in [4.69, 9.17) is 5.73 Å². The number of aromatic nitrogens is 1. The van der Waals surface area contributed by atoms with Crippen molar-refractivity contribution >= 4 is 32.6 Å². The quantitative estimate of drug-likeness (QED) is 0.913. The molecular weight excluding hydrogens is 270 g/mol. The number of anilines is 1. The van der Waals surface area contributed by atoms with Crippen LogP contribution in [0.1, 0.15) is 24.8 Å². The number of hydrogen-bond acceptors (Lipinski definition) is 4. The maximum Gasteiger partial charge on any atom is 0.229 e. The first-order valence-corrected chi connectivity index (χ1v) is 7.87. The Hall–Kier alpha value is -1.46. The highest BCUT2D eigenvalue weighted by Crippen LogP contribution is 2.33. The number of nitrogens with zero attached hydrogens (tertiary/aromatic N) is 1. The number of carbonyl (C=O) groups excluding carboxylic acids is 1. The van der Waals surface area contributed by atoms with Crippen molar-refractivity contribution < 1.29 is 4.79 Å². The standard InChI is InChI=1S/C15H19N3OS/c1-9-5-6-12-13(7-9)20-15(17-12)18-14(19)11-4-2-3-10(11)8-16/h5-7,10-11H,2-4,8,16H2,1H3,(H,17,18,19). The first kappa shape index (κ1) is 13.5. The van der Waals surface area contributed by atoms with Crippen LogP contribution in [0.25, 0.3) is 10.2 Å². The Morgan fingerprint density at radius 2 is 2.35 bits per heavy atom. The first-order valence-electron chi connectivity index (χ1n) is 7.05. The lowest BCUT2D eigenvalue weighted by Gasteiger charge is -2.16. The van der Waals surface area contributed by atoms with E-state index in [0.717, 1.165) is 29.5 Å². The van der Waals surface area contributed by atoms with Crippen molar-refractivity contribution in [3.63, 3.8) is 0 Å². The van der Waals surface area contributed by atoms with E-state index < -0.39 is 0 Å². The average Bonchev–Trinajstić information content (AvgIpc) is 3.03. The highest BCUT2D eigenvalue weighted by atomic mass is 32.1. The fourth-order valence-corrected chi connectivity index (χ4v) is 3.91. The van der Waals surface area contributed by atoms with Gasteiger partial charge in [0.2, 0.25) is 5.91 Å². The van der Waals surface area contributed by atoms with Gasteiger partial charge in [0, 0.05) is 5.92 Å². The lowest BCUT2D eigenvalue weighted by atomic mass is 9.95. The van der Waals surface area contributed by atoms with Gasteiger partial charge in [-0.1, -0.05) is 23.8 Å². The summed E-state index contributed by atoms with van der Waals surface area (Å²) < 4.78 is 1.11. The van der Waals surface area contributed by atoms with Crippen LogP contribution in [0.15, 0.2) is 18.2 Å². The summed E-state index contributed by atoms with van der Waals surface area (Å²) in [5, 5.41) is 3.66. The second-order valence-corrected chi connectivity index (χ2v) is 6.54. The van der Waals surface area contributed by atoms with Crippen LogP contribution < -0.4 is 11.1 Å². The number of nitrogens with two attached hydrogens (primary N) is 1. The van der Waals surface area contributed by atoms with Crippen molar-refractivity contribution in [3.05, 3.63) is 23.8 Å². The van der Waals surface area contributed by atoms with Gasteiger partial charge in [-0.15, -0.1) is 0 Å². The molecule has 1 aromatic carbocycles. The summed E-state index contributed by atoms with van der Waals surface area (Å²) in [6, 6.07) is 6.13. The van der Waals surface area contributed by atoms with E-state index >= 15 is 0 Å². The Balaban J connectivity index is 1.77. The van der Waals surface area contributed by atoms with Crippen LogP contribution in [-0.4, -0.2) is 17.4 Å². The molecular formula is C15H19N3OS. The fraction of sp³-hybridized carbons (Fsp3) is 0.467. The van der Waals surface area contributed by atoms with Gasteiger partial charge < -0.3 is 11.1 Å². The number of amides is 1. The zero-order valence-corrected chi connectivity index (χ0v) is 12.4. The fourth-order valence-electron chi connectivity index (χ4n) is 2.95. The zero-order valence-electron chi connectivity index (χ0n) is 11.6. The molecule has 1 amide bonds. The summed E-state index contributed by atoms with van der Waals surface area (Å²) in [6.45, 7) is 2.65. The summed E-state index contributed by atoms with van der Waals surface area (Å²) in [7, 11) is 0. The molecule has 20 heavy (non-hydrogen) atoms. The molecule has 1 heterocycles. The van der Waals surface area contributed by atoms with E-state index in [1.807, 2.05) is 12.1 Å². The third kappa shape index (κ3) is 2.55. The molecule has 2 aromatic rings. The molecule has 0 spiro atoms. The monoisotopic (exact) mass is 289 g/mol. The predicted octanol–water partition coefficient (Wildman–Crippen LogP) is 2.92. The highest BCUT2D eigenvalue weighted by molar-refractivity contribution is 7.22. The van der Waals surface area contributed by atoms with Gasteiger partial charge in [0.15, 0.2) is 5.13 Å². The Kier molecular flexibility index (Phi) is 3.72. The second-order valence-electron chi connectivity index (χ2n) is 5.51. The topological polar surface area (TPSA) is 68.0 Å². The lowest BCUT2D eigenvalue weighted by molar-refractivity contribution is -0.120. The molecule has 0 saturated heterocycles. The Morgan fingerprint density at radius 1 is 1.50 bits per heavy atom. The molecule has 106 valence electrons. The van der Waals surface area contributed by atoms with Crippen molar-refractivity contribution in [2.45, 2.75) is 26.2 Å². The Morgan fingerprint density at radius 3 is 3.15 bits per heavy atom. The van der Waals surface area contributed by atoms with Crippen molar-refractivity contribution in [3.8, 4) is 0 Å². The molecule has 0 bridgehead atoms. The average molecular weight is 289 g/mol. The van der Waals surface area contributed by atoms with Gasteiger partial charge in [-0.05, 0) is 49.9 Å². The molecule has 3 rings (SSSR count). The minimum Gasteiger partial charge on any atom is -0.330 e. The number of rotatable bonds is 3. The number of benzene rings is 1. The molecule has 2 unspecified atom stereocenters. The molecule has 0 aliphatic heterocycles. The molecule has 1 aliphatic carbocycles. The van der Waals surface area contributed by atoms with Crippen LogP contribution in [0, 0.1) is 18.8 Å². The van der Waals surface area contributed by atoms with Crippen molar-refractivity contribution in [1.82, 2.24) is 4.98 Å². The Bertz CT molecular complexity index is 637. The third-order valence-electron chi connectivity index (χ3n) is 4.07. The van der Waals surface area contributed by atoms with Gasteiger partial charge in [-0.3, -0.25) is 4.79 Å². The molecule has 1 aliphatic rings. The summed E-state index contributed by atoms with van der Waals surface area (Å²) in [5.74, 6) is 0.453. The largest absolute Gasteiger partial charge is 0.330 e. The van der Waals surface area contributed by atoms with Crippen molar-refractivity contribution in [2.75, 3.05) is 11.9 Å². The summed E-state index contributed by atoms with van der Waals surface area (Å²) in [6.07, 6.45) is 3.10. The SMILES string of the molecule is Cc1ccc2nc(NC(=O)C3CCCC3CN)sc2c1. The van der Waals surface area contributed by atoms with Gasteiger partial charge in [0.05, 0.1) is 10.2 Å². The number of aryl methyl sites for hydroxylation is 1. The molecule has 1 saturated carbocycles. The summed E-state index contributed by atoms with van der Waals surface area (Å²) >= 11 is 1.53. The minimum atomic E-state index is 0.0498. The summed E-state index contributed by atoms with van der Waals surface area (Å²) in [4.78, 5) is 16.8. The number of carbonyl (C=O) groups is 1. The van der Waals surface area contributed by atoms with Gasteiger partial charge in [0.25, 0.3) is 0 Å². The van der Waals surface area contributed by atoms with Gasteiger partial charge in [-0.25, -0.2) is 4.98 Å². The smallest absolute Gasteiger partial charge is 0.229 e. The maximum absolute atomic E-state index is 12.3. The van der Waals surface area contributed by atoms with E-state index in [1.165, 1.54) is 16.9 Å². The lowest BCUT2D eigenvalue weighted by Crippen LogP contribution is -2.29. The molecule has 0 radical (unpaired) electrons. The first-order chi connectivity index (χ1) is 9.67. The summed E-state index contributed by atoms with van der Waals surface area (Å²) in [5.41, 5.74) is 7.89. The zero-order chi connectivity index (χ0) is 14.1. The number of thiazole rings is 1. The third-order valence-corrected chi connectivity index (χ3v) is 5.01. The molecule has 1 fully saturated rings. The van der Waals surface area contributed by atoms with E-state index in [0.29, 0.717) is 17.6 Å². The molecule has 3 N–H and O–H groups in total. The number of hydrogen-bond donors (Lipinski definition) is 2. The number of nitrogens with one attached hydrogen (secondary N) is 1. The van der Waals surface area contributed by atoms with Gasteiger partial charge in [0.1, 0.15) is 0 Å². The van der Waals surface area contributed by atoms with Crippen LogP contribution in [0.5, 0.6) is 0 Å². The van der Waals surface area contributed by atoms with Crippen LogP contribution >= 0.6 is 11.3 Å². The van der Waals surface area contributed by atoms with E-state index in [1.54, 1.807) is 0 Å². The molecule has 4 nitrogen and oxygen atoms in total. The molecule has 2 atom stereocenters. The second kappa shape index (κ2) is 5.50. The van der Waals surface area contributed by atoms with Crippen LogP contribution in [0.2, 0.25) is 0 Å². The Labute approximate surface area is 122 Å². The van der Waals surface area contributed by atoms with Crippen molar-refractivity contribution in [2.24, 2.45) is 17.6 Å². The number of fused-ring (bicyclic) bond motifs is 1. The van der Waals surface area contributed by atoms with Gasteiger partial charge >= 0.3 is 0 Å². The van der Waals surface area contributed by atoms with E-state index in [9.17, 15) is 4.79 Å². The van der Waals surface area contributed by atoms with Crippen LogP contribution in [0.4, 0.5) is 5.13 Å². The normalized spacial score (nSPS) is 22.3. The predicted molar refractivity (Wildman–Crippen MR) is 82.9 cm³/mol. The maximum atomic E-state index is 12.3. The van der Waals surface area contributed by atoms with Crippen LogP contribution in [-0.2, 0) is 4.79 Å². The molecule has 1 aromatic heterocycles. The van der Waals surface area contributed by atoms with Gasteiger partial charge in [-0.2, -0.15) is 0 Å². The van der Waals surface area contributed by atoms with E-state index in [-0.39, 0.29) is 11.8 Å². The van der Waals surface area contributed by atoms with E-state index in [2.05, 4.69) is 23.3 Å². The van der Waals surface area contributed by atoms with Crippen molar-refractivity contribution in [1.29, 1.82) is 0 Å². The molecule has 5 heteroatoms. The van der Waals surface area contributed by atoms with Crippen LogP contribution in [0.3, 0.4) is 0 Å². The highest BCUT2D eigenvalue weighted by Gasteiger charge is 2.32. The minimum absolute atomic E-state index is 0.0498.